The first-order valence-electron chi connectivity index (χ1n) is 6.63. The Balaban J connectivity index is 0. The van der Waals surface area contributed by atoms with Crippen LogP contribution in [0.5, 0.6) is 0 Å². The van der Waals surface area contributed by atoms with E-state index < -0.39 is 11.9 Å². The molecule has 116 valence electrons. The fourth-order valence-electron chi connectivity index (χ4n) is 0.820. The van der Waals surface area contributed by atoms with Crippen molar-refractivity contribution < 1.29 is 28.7 Å². The molecule has 0 bridgehead atoms. The molecule has 0 atom stereocenters. The molecule has 0 radical (unpaired) electrons. The Morgan fingerprint density at radius 3 is 1.20 bits per heavy atom. The molecule has 6 nitrogen and oxygen atoms in total. The van der Waals surface area contributed by atoms with E-state index in [1.54, 1.807) is 0 Å². The quantitative estimate of drug-likeness (QED) is 0.385. The number of carbonyl (C=O) groups is 4. The molecule has 0 aliphatic heterocycles. The summed E-state index contributed by atoms with van der Waals surface area (Å²) >= 11 is 0. The number of ketones is 2. The van der Waals surface area contributed by atoms with Gasteiger partial charge in [0.2, 0.25) is 0 Å². The zero-order chi connectivity index (χ0) is 16.0. The molecule has 0 aromatic rings. The summed E-state index contributed by atoms with van der Waals surface area (Å²) in [6.07, 6.45) is 2.06. The van der Waals surface area contributed by atoms with Crippen molar-refractivity contribution in [2.24, 2.45) is 0 Å². The summed E-state index contributed by atoms with van der Waals surface area (Å²) in [5.41, 5.74) is 0. The summed E-state index contributed by atoms with van der Waals surface area (Å²) in [7, 11) is 0. The van der Waals surface area contributed by atoms with Crippen LogP contribution in [-0.4, -0.2) is 36.7 Å². The standard InChI is InChI=1S/C10H14O6.C4H10/c1-7(11)5-9(13)15-3-4-16-10(14)6-8(2)12;1-3-4-2/h3-6H2,1-2H3;3-4H2,1-2H3. The van der Waals surface area contributed by atoms with Crippen molar-refractivity contribution >= 4 is 23.5 Å². The summed E-state index contributed by atoms with van der Waals surface area (Å²) in [5.74, 6) is -1.90. The summed E-state index contributed by atoms with van der Waals surface area (Å²) in [6.45, 7) is 6.67. The van der Waals surface area contributed by atoms with Gasteiger partial charge in [-0.05, 0) is 13.8 Å². The Morgan fingerprint density at radius 1 is 0.700 bits per heavy atom. The summed E-state index contributed by atoms with van der Waals surface area (Å²) in [4.78, 5) is 42.7. The van der Waals surface area contributed by atoms with Gasteiger partial charge in [0.1, 0.15) is 37.6 Å². The van der Waals surface area contributed by atoms with Gasteiger partial charge in [-0.1, -0.05) is 26.7 Å². The zero-order valence-electron chi connectivity index (χ0n) is 12.7. The molecular formula is C14H24O6. The molecular weight excluding hydrogens is 264 g/mol. The van der Waals surface area contributed by atoms with E-state index in [4.69, 9.17) is 0 Å². The molecule has 0 heterocycles. The highest BCUT2D eigenvalue weighted by Gasteiger charge is 2.08. The van der Waals surface area contributed by atoms with Gasteiger partial charge in [0.05, 0.1) is 0 Å². The molecule has 0 unspecified atom stereocenters. The first kappa shape index (κ1) is 20.6. The van der Waals surface area contributed by atoms with Crippen molar-refractivity contribution in [3.63, 3.8) is 0 Å². The molecule has 0 saturated carbocycles. The van der Waals surface area contributed by atoms with Crippen LogP contribution in [0.25, 0.3) is 0 Å². The minimum absolute atomic E-state index is 0.115. The maximum Gasteiger partial charge on any atom is 0.313 e. The fourth-order valence-corrected chi connectivity index (χ4v) is 0.820. The Hall–Kier alpha value is -1.72. The van der Waals surface area contributed by atoms with Crippen LogP contribution in [0, 0.1) is 0 Å². The number of carbonyl (C=O) groups excluding carboxylic acids is 4. The smallest absolute Gasteiger partial charge is 0.313 e. The Kier molecular flexibility index (Phi) is 14.1. The van der Waals surface area contributed by atoms with E-state index in [2.05, 4.69) is 23.3 Å². The predicted octanol–water partition coefficient (Wildman–Crippen LogP) is 1.84. The maximum absolute atomic E-state index is 10.8. The lowest BCUT2D eigenvalue weighted by Gasteiger charge is -2.04. The van der Waals surface area contributed by atoms with Crippen LogP contribution in [0.4, 0.5) is 0 Å². The number of unbranched alkanes of at least 4 members (excludes halogenated alkanes) is 1. The number of hydrogen-bond acceptors (Lipinski definition) is 6. The second kappa shape index (κ2) is 13.7. The SMILES string of the molecule is CC(=O)CC(=O)OCCOC(=O)CC(C)=O.CCCC. The third-order valence-electron chi connectivity index (χ3n) is 1.90. The fraction of sp³-hybridized carbons (Fsp3) is 0.714. The molecule has 0 saturated heterocycles. The zero-order valence-corrected chi connectivity index (χ0v) is 12.7. The van der Waals surface area contributed by atoms with Crippen LogP contribution in [0.3, 0.4) is 0 Å². The number of hydrogen-bond donors (Lipinski definition) is 0. The highest BCUT2D eigenvalue weighted by atomic mass is 16.6. The van der Waals surface area contributed by atoms with Gasteiger partial charge in [-0.3, -0.25) is 19.2 Å². The lowest BCUT2D eigenvalue weighted by Crippen LogP contribution is -2.16. The molecule has 0 aliphatic carbocycles. The van der Waals surface area contributed by atoms with Gasteiger partial charge in [0.15, 0.2) is 0 Å². The van der Waals surface area contributed by atoms with E-state index in [1.165, 1.54) is 26.7 Å². The molecule has 0 amide bonds. The van der Waals surface area contributed by atoms with E-state index in [-0.39, 0.29) is 37.6 Å². The highest BCUT2D eigenvalue weighted by Crippen LogP contribution is 1.91. The third kappa shape index (κ3) is 18.6. The van der Waals surface area contributed by atoms with Crippen molar-refractivity contribution in [1.29, 1.82) is 0 Å². The molecule has 6 heteroatoms. The number of Topliss-reactive ketones (excluding diaryl/α,β-unsaturated/α-hetero) is 2. The molecule has 20 heavy (non-hydrogen) atoms. The van der Waals surface area contributed by atoms with Crippen molar-refractivity contribution in [3.8, 4) is 0 Å². The van der Waals surface area contributed by atoms with Gasteiger partial charge in [0, 0.05) is 0 Å². The van der Waals surface area contributed by atoms with Crippen molar-refractivity contribution in [2.45, 2.75) is 53.4 Å². The minimum atomic E-state index is -0.657. The van der Waals surface area contributed by atoms with Gasteiger partial charge < -0.3 is 9.47 Å². The van der Waals surface area contributed by atoms with Crippen LogP contribution in [0.1, 0.15) is 53.4 Å². The van der Waals surface area contributed by atoms with Crippen molar-refractivity contribution in [3.05, 3.63) is 0 Å². The average molecular weight is 288 g/mol. The molecule has 0 aromatic heterocycles. The van der Waals surface area contributed by atoms with E-state index in [1.807, 2.05) is 0 Å². The second-order valence-electron chi connectivity index (χ2n) is 4.20. The number of esters is 2. The van der Waals surface area contributed by atoms with Crippen LogP contribution in [-0.2, 0) is 28.7 Å². The second-order valence-corrected chi connectivity index (χ2v) is 4.20. The molecule has 0 fully saturated rings. The van der Waals surface area contributed by atoms with Crippen LogP contribution >= 0.6 is 0 Å². The maximum atomic E-state index is 10.8. The van der Waals surface area contributed by atoms with Crippen LogP contribution in [0.15, 0.2) is 0 Å². The lowest BCUT2D eigenvalue weighted by molar-refractivity contribution is -0.154. The molecule has 0 spiro atoms. The van der Waals surface area contributed by atoms with E-state index in [0.29, 0.717) is 0 Å². The first-order valence-corrected chi connectivity index (χ1v) is 6.63. The van der Waals surface area contributed by atoms with Crippen LogP contribution < -0.4 is 0 Å². The Labute approximate surface area is 119 Å². The first-order chi connectivity index (χ1) is 9.33. The third-order valence-corrected chi connectivity index (χ3v) is 1.90. The van der Waals surface area contributed by atoms with Gasteiger partial charge in [-0.25, -0.2) is 0 Å². The Bertz CT molecular complexity index is 290. The van der Waals surface area contributed by atoms with Crippen molar-refractivity contribution in [2.75, 3.05) is 13.2 Å². The van der Waals surface area contributed by atoms with E-state index in [0.717, 1.165) is 0 Å². The number of ether oxygens (including phenoxy) is 2. The van der Waals surface area contributed by atoms with Crippen LogP contribution in [0.2, 0.25) is 0 Å². The molecule has 0 N–H and O–H groups in total. The molecule has 0 rings (SSSR count). The molecule has 0 aromatic carbocycles. The van der Waals surface area contributed by atoms with Gasteiger partial charge in [-0.2, -0.15) is 0 Å². The van der Waals surface area contributed by atoms with Crippen molar-refractivity contribution in [1.82, 2.24) is 0 Å². The summed E-state index contributed by atoms with van der Waals surface area (Å²) in [5, 5.41) is 0. The largest absolute Gasteiger partial charge is 0.462 e. The van der Waals surface area contributed by atoms with E-state index >= 15 is 0 Å². The van der Waals surface area contributed by atoms with Gasteiger partial charge >= 0.3 is 11.9 Å². The molecule has 0 aliphatic rings. The topological polar surface area (TPSA) is 86.7 Å². The summed E-state index contributed by atoms with van der Waals surface area (Å²) in [6, 6.07) is 0. The monoisotopic (exact) mass is 288 g/mol. The normalized spacial score (nSPS) is 9.00. The van der Waals surface area contributed by atoms with Gasteiger partial charge in [0.25, 0.3) is 0 Å². The predicted molar refractivity (Wildman–Crippen MR) is 73.1 cm³/mol. The number of rotatable bonds is 8. The lowest BCUT2D eigenvalue weighted by atomic mass is 10.3. The minimum Gasteiger partial charge on any atom is -0.462 e. The summed E-state index contributed by atoms with van der Waals surface area (Å²) < 4.78 is 9.17. The van der Waals surface area contributed by atoms with Gasteiger partial charge in [-0.15, -0.1) is 0 Å². The Morgan fingerprint density at radius 2 is 1.00 bits per heavy atom. The average Bonchev–Trinajstić information content (AvgIpc) is 2.33. The van der Waals surface area contributed by atoms with E-state index in [9.17, 15) is 19.2 Å². The highest BCUT2D eigenvalue weighted by molar-refractivity contribution is 5.94.